The summed E-state index contributed by atoms with van der Waals surface area (Å²) in [6.07, 6.45) is 0.496. The van der Waals surface area contributed by atoms with E-state index in [0.29, 0.717) is 37.6 Å². The Kier molecular flexibility index (Phi) is 9.17. The normalized spacial score (nSPS) is 14.2. The van der Waals surface area contributed by atoms with Gasteiger partial charge in [-0.05, 0) is 25.0 Å². The molecule has 0 aliphatic carbocycles. The third-order valence-corrected chi connectivity index (χ3v) is 3.52. The summed E-state index contributed by atoms with van der Waals surface area (Å²) < 4.78 is 13.6. The molecule has 0 radical (unpaired) electrons. The lowest BCUT2D eigenvalue weighted by Gasteiger charge is -2.15. The summed E-state index contributed by atoms with van der Waals surface area (Å²) in [4.78, 5) is 28.5. The van der Waals surface area contributed by atoms with E-state index in [2.05, 4.69) is 20.9 Å². The molecule has 3 amide bonds. The number of hydrogen-bond donors (Lipinski definition) is 3. The SMILES string of the molecule is CCNC(=NCCc1ccccc1F)NCCN1C(=O)CNC1=O.I. The summed E-state index contributed by atoms with van der Waals surface area (Å²) in [6.45, 7) is 3.75. The minimum Gasteiger partial charge on any atom is -0.357 e. The topological polar surface area (TPSA) is 85.8 Å². The molecule has 1 heterocycles. The van der Waals surface area contributed by atoms with E-state index in [0.717, 1.165) is 4.90 Å². The van der Waals surface area contributed by atoms with Gasteiger partial charge in [-0.15, -0.1) is 24.0 Å². The molecule has 3 N–H and O–H groups in total. The van der Waals surface area contributed by atoms with Gasteiger partial charge in [0, 0.05) is 26.2 Å². The lowest BCUT2D eigenvalue weighted by atomic mass is 10.1. The van der Waals surface area contributed by atoms with Crippen molar-refractivity contribution in [3.8, 4) is 0 Å². The molecule has 0 saturated carbocycles. The van der Waals surface area contributed by atoms with Crippen LogP contribution in [0.2, 0.25) is 0 Å². The van der Waals surface area contributed by atoms with Crippen LogP contribution in [0.15, 0.2) is 29.3 Å². The van der Waals surface area contributed by atoms with Gasteiger partial charge in [0.15, 0.2) is 5.96 Å². The molecular formula is C16H23FIN5O2. The Labute approximate surface area is 163 Å². The fourth-order valence-corrected chi connectivity index (χ4v) is 2.30. The molecular weight excluding hydrogens is 440 g/mol. The lowest BCUT2D eigenvalue weighted by Crippen LogP contribution is -2.43. The predicted molar refractivity (Wildman–Crippen MR) is 105 cm³/mol. The molecule has 0 unspecified atom stereocenters. The van der Waals surface area contributed by atoms with E-state index in [4.69, 9.17) is 0 Å². The second-order valence-corrected chi connectivity index (χ2v) is 5.23. The number of amides is 3. The van der Waals surface area contributed by atoms with Gasteiger partial charge in [-0.25, -0.2) is 9.18 Å². The standard InChI is InChI=1S/C16H22FN5O2.HI/c1-2-18-15(19-8-7-12-5-3-4-6-13(12)17)20-9-10-22-14(23)11-21-16(22)24;/h3-6H,2,7-11H2,1H3,(H,21,24)(H2,18,19,20);1H. The van der Waals surface area contributed by atoms with E-state index < -0.39 is 0 Å². The summed E-state index contributed by atoms with van der Waals surface area (Å²) in [5, 5.41) is 8.60. The molecule has 0 atom stereocenters. The minimum absolute atomic E-state index is 0. The highest BCUT2D eigenvalue weighted by Crippen LogP contribution is 2.06. The van der Waals surface area contributed by atoms with Crippen molar-refractivity contribution in [2.24, 2.45) is 4.99 Å². The Bertz CT molecular complexity index is 610. The Morgan fingerprint density at radius 1 is 1.32 bits per heavy atom. The maximum atomic E-state index is 13.6. The van der Waals surface area contributed by atoms with Crippen molar-refractivity contribution in [1.82, 2.24) is 20.9 Å². The van der Waals surface area contributed by atoms with Crippen molar-refractivity contribution >= 4 is 41.9 Å². The predicted octanol–water partition coefficient (Wildman–Crippen LogP) is 1.09. The number of halogens is 2. The quantitative estimate of drug-likeness (QED) is 0.245. The molecule has 2 rings (SSSR count). The fourth-order valence-electron chi connectivity index (χ4n) is 2.30. The van der Waals surface area contributed by atoms with Gasteiger partial charge in [0.05, 0.1) is 6.54 Å². The number of hydrogen-bond acceptors (Lipinski definition) is 3. The van der Waals surface area contributed by atoms with Crippen LogP contribution in [-0.2, 0) is 11.2 Å². The summed E-state index contributed by atoms with van der Waals surface area (Å²) in [7, 11) is 0. The third-order valence-electron chi connectivity index (χ3n) is 3.52. The molecule has 25 heavy (non-hydrogen) atoms. The van der Waals surface area contributed by atoms with Crippen molar-refractivity contribution in [1.29, 1.82) is 0 Å². The number of carbonyl (C=O) groups is 2. The number of nitrogens with zero attached hydrogens (tertiary/aromatic N) is 2. The summed E-state index contributed by atoms with van der Waals surface area (Å²) in [6, 6.07) is 6.25. The second kappa shape index (κ2) is 10.9. The van der Waals surface area contributed by atoms with E-state index in [9.17, 15) is 14.0 Å². The average Bonchev–Trinajstić information content (AvgIpc) is 2.88. The number of guanidine groups is 1. The highest BCUT2D eigenvalue weighted by molar-refractivity contribution is 14.0. The number of aliphatic imine (C=N–C) groups is 1. The van der Waals surface area contributed by atoms with Gasteiger partial charge in [0.2, 0.25) is 5.91 Å². The molecule has 138 valence electrons. The number of rotatable bonds is 7. The molecule has 0 spiro atoms. The first-order valence-corrected chi connectivity index (χ1v) is 7.95. The molecule has 1 fully saturated rings. The van der Waals surface area contributed by atoms with Crippen molar-refractivity contribution in [2.75, 3.05) is 32.7 Å². The molecule has 1 aliphatic heterocycles. The molecule has 0 aromatic heterocycles. The Morgan fingerprint density at radius 3 is 2.72 bits per heavy atom. The van der Waals surface area contributed by atoms with Gasteiger partial charge in [-0.1, -0.05) is 18.2 Å². The van der Waals surface area contributed by atoms with Crippen molar-refractivity contribution in [3.63, 3.8) is 0 Å². The average molecular weight is 463 g/mol. The van der Waals surface area contributed by atoms with Gasteiger partial charge >= 0.3 is 6.03 Å². The molecule has 1 aromatic rings. The highest BCUT2D eigenvalue weighted by atomic mass is 127. The third kappa shape index (κ3) is 6.48. The van der Waals surface area contributed by atoms with E-state index in [1.54, 1.807) is 18.2 Å². The zero-order chi connectivity index (χ0) is 17.4. The number of carbonyl (C=O) groups excluding carboxylic acids is 2. The van der Waals surface area contributed by atoms with Crippen LogP contribution in [0, 0.1) is 5.82 Å². The van der Waals surface area contributed by atoms with Crippen LogP contribution in [0.25, 0.3) is 0 Å². The Balaban J connectivity index is 0.00000312. The van der Waals surface area contributed by atoms with Gasteiger partial charge < -0.3 is 16.0 Å². The fraction of sp³-hybridized carbons (Fsp3) is 0.438. The lowest BCUT2D eigenvalue weighted by molar-refractivity contribution is -0.124. The zero-order valence-electron chi connectivity index (χ0n) is 14.0. The first kappa shape index (κ1) is 21.1. The summed E-state index contributed by atoms with van der Waals surface area (Å²) in [5.41, 5.74) is 0.622. The monoisotopic (exact) mass is 463 g/mol. The van der Waals surface area contributed by atoms with Crippen LogP contribution in [-0.4, -0.2) is 55.5 Å². The van der Waals surface area contributed by atoms with Crippen molar-refractivity contribution < 1.29 is 14.0 Å². The number of urea groups is 1. The largest absolute Gasteiger partial charge is 0.357 e. The second-order valence-electron chi connectivity index (χ2n) is 5.23. The first-order chi connectivity index (χ1) is 11.6. The van der Waals surface area contributed by atoms with Crippen molar-refractivity contribution in [2.45, 2.75) is 13.3 Å². The van der Waals surface area contributed by atoms with E-state index in [1.807, 2.05) is 6.92 Å². The van der Waals surface area contributed by atoms with Crippen LogP contribution in [0.5, 0.6) is 0 Å². The maximum Gasteiger partial charge on any atom is 0.324 e. The first-order valence-electron chi connectivity index (χ1n) is 7.95. The zero-order valence-corrected chi connectivity index (χ0v) is 16.4. The molecule has 1 saturated heterocycles. The van der Waals surface area contributed by atoms with Crippen LogP contribution in [0.4, 0.5) is 9.18 Å². The number of benzene rings is 1. The minimum atomic E-state index is -0.372. The highest BCUT2D eigenvalue weighted by Gasteiger charge is 2.27. The number of imide groups is 1. The van der Waals surface area contributed by atoms with Gasteiger partial charge in [0.1, 0.15) is 5.82 Å². The molecule has 0 bridgehead atoms. The molecule has 7 nitrogen and oxygen atoms in total. The van der Waals surface area contributed by atoms with E-state index in [-0.39, 0.29) is 54.8 Å². The molecule has 1 aliphatic rings. The molecule has 9 heteroatoms. The van der Waals surface area contributed by atoms with Gasteiger partial charge in [0.25, 0.3) is 0 Å². The van der Waals surface area contributed by atoms with Crippen LogP contribution >= 0.6 is 24.0 Å². The van der Waals surface area contributed by atoms with Crippen LogP contribution < -0.4 is 16.0 Å². The van der Waals surface area contributed by atoms with E-state index in [1.165, 1.54) is 6.07 Å². The van der Waals surface area contributed by atoms with Crippen molar-refractivity contribution in [3.05, 3.63) is 35.6 Å². The van der Waals surface area contributed by atoms with E-state index >= 15 is 0 Å². The smallest absolute Gasteiger partial charge is 0.324 e. The maximum absolute atomic E-state index is 13.6. The number of nitrogens with one attached hydrogen (secondary N) is 3. The van der Waals surface area contributed by atoms with Gasteiger partial charge in [-0.3, -0.25) is 14.7 Å². The molecule has 1 aromatic carbocycles. The Morgan fingerprint density at radius 2 is 2.08 bits per heavy atom. The van der Waals surface area contributed by atoms with Crippen LogP contribution in [0.1, 0.15) is 12.5 Å². The van der Waals surface area contributed by atoms with Crippen LogP contribution in [0.3, 0.4) is 0 Å². The Hall–Kier alpha value is -1.91. The van der Waals surface area contributed by atoms with Gasteiger partial charge in [-0.2, -0.15) is 0 Å². The summed E-state index contributed by atoms with van der Waals surface area (Å²) in [5.74, 6) is 0.105. The summed E-state index contributed by atoms with van der Waals surface area (Å²) >= 11 is 0.